The molecule has 2 rings (SSSR count). The maximum atomic E-state index is 3.22. The van der Waals surface area contributed by atoms with Crippen molar-refractivity contribution in [1.29, 1.82) is 0 Å². The first-order valence-electron chi connectivity index (χ1n) is 5.65. The molecule has 82 valence electrons. The van der Waals surface area contributed by atoms with Crippen LogP contribution in [0.4, 0.5) is 0 Å². The van der Waals surface area contributed by atoms with Gasteiger partial charge in [-0.15, -0.1) is 11.8 Å². The van der Waals surface area contributed by atoms with Crippen LogP contribution in [0.3, 0.4) is 0 Å². The minimum absolute atomic E-state index is 0.431. The summed E-state index contributed by atoms with van der Waals surface area (Å²) in [4.78, 5) is 1.49. The van der Waals surface area contributed by atoms with Crippen molar-refractivity contribution in [3.8, 4) is 0 Å². The molecule has 0 aromatic heterocycles. The van der Waals surface area contributed by atoms with Gasteiger partial charge >= 0.3 is 0 Å². The van der Waals surface area contributed by atoms with E-state index in [2.05, 4.69) is 48.3 Å². The molecule has 1 heterocycles. The molecule has 1 aromatic rings. The summed E-state index contributed by atoms with van der Waals surface area (Å²) in [6.45, 7) is 3.53. The Kier molecular flexibility index (Phi) is 3.37. The van der Waals surface area contributed by atoms with Crippen molar-refractivity contribution in [3.63, 3.8) is 0 Å². The fourth-order valence-electron chi connectivity index (χ4n) is 2.23. The Bertz CT molecular complexity index is 310. The van der Waals surface area contributed by atoms with Crippen LogP contribution in [-0.2, 0) is 6.42 Å². The van der Waals surface area contributed by atoms with Gasteiger partial charge < -0.3 is 5.32 Å². The molecular weight excluding hydrogens is 202 g/mol. The van der Waals surface area contributed by atoms with Gasteiger partial charge in [-0.25, -0.2) is 0 Å². The van der Waals surface area contributed by atoms with Gasteiger partial charge in [0.05, 0.1) is 0 Å². The van der Waals surface area contributed by atoms with Crippen LogP contribution in [0.1, 0.15) is 25.3 Å². The third-order valence-electron chi connectivity index (χ3n) is 3.03. The second-order valence-corrected chi connectivity index (χ2v) is 6.17. The Morgan fingerprint density at radius 1 is 1.40 bits per heavy atom. The largest absolute Gasteiger partial charge is 0.320 e. The lowest BCUT2D eigenvalue weighted by Crippen LogP contribution is -2.21. The Morgan fingerprint density at radius 3 is 2.93 bits per heavy atom. The zero-order valence-corrected chi connectivity index (χ0v) is 10.4. The lowest BCUT2D eigenvalue weighted by atomic mass is 9.96. The molecule has 1 N–H and O–H groups in total. The van der Waals surface area contributed by atoms with Crippen LogP contribution >= 0.6 is 11.8 Å². The first-order chi connectivity index (χ1) is 7.23. The lowest BCUT2D eigenvalue weighted by molar-refractivity contribution is 0.551. The van der Waals surface area contributed by atoms with Gasteiger partial charge in [-0.3, -0.25) is 0 Å². The number of rotatable bonds is 4. The quantitative estimate of drug-likeness (QED) is 0.784. The van der Waals surface area contributed by atoms with Crippen LogP contribution in [0.15, 0.2) is 29.2 Å². The monoisotopic (exact) mass is 221 g/mol. The predicted molar refractivity (Wildman–Crippen MR) is 67.6 cm³/mol. The molecule has 1 aromatic carbocycles. The zero-order chi connectivity index (χ0) is 10.7. The van der Waals surface area contributed by atoms with Crippen molar-refractivity contribution in [2.24, 2.45) is 0 Å². The van der Waals surface area contributed by atoms with E-state index in [0.717, 1.165) is 6.54 Å². The van der Waals surface area contributed by atoms with Crippen LogP contribution in [-0.4, -0.2) is 18.3 Å². The second-order valence-electron chi connectivity index (χ2n) is 4.54. The Labute approximate surface area is 96.7 Å². The molecule has 0 bridgehead atoms. The molecule has 1 unspecified atom stereocenters. The molecule has 0 fully saturated rings. The van der Waals surface area contributed by atoms with Crippen LogP contribution in [0.2, 0.25) is 0 Å². The summed E-state index contributed by atoms with van der Waals surface area (Å²) < 4.78 is 0.431. The van der Waals surface area contributed by atoms with Crippen molar-refractivity contribution >= 4 is 11.8 Å². The van der Waals surface area contributed by atoms with E-state index in [1.165, 1.54) is 29.7 Å². The van der Waals surface area contributed by atoms with E-state index in [9.17, 15) is 0 Å². The summed E-state index contributed by atoms with van der Waals surface area (Å²) in [7, 11) is 2.03. The standard InChI is InChI=1S/C13H19NS/c1-13(8-5-9-14-2)10-11-6-3-4-7-12(11)15-13/h3-4,6-7,14H,5,8-10H2,1-2H3. The second kappa shape index (κ2) is 4.58. The topological polar surface area (TPSA) is 12.0 Å². The molecule has 0 aliphatic carbocycles. The van der Waals surface area contributed by atoms with E-state index in [-0.39, 0.29) is 0 Å². The third kappa shape index (κ3) is 2.56. The normalized spacial score (nSPS) is 24.1. The fourth-order valence-corrected chi connectivity index (χ4v) is 3.66. The zero-order valence-electron chi connectivity index (χ0n) is 9.55. The van der Waals surface area contributed by atoms with E-state index < -0.39 is 0 Å². The highest BCUT2D eigenvalue weighted by molar-refractivity contribution is 8.01. The predicted octanol–water partition coefficient (Wildman–Crippen LogP) is 3.09. The van der Waals surface area contributed by atoms with Crippen molar-refractivity contribution < 1.29 is 0 Å². The summed E-state index contributed by atoms with van der Waals surface area (Å²) >= 11 is 2.06. The van der Waals surface area contributed by atoms with E-state index in [4.69, 9.17) is 0 Å². The van der Waals surface area contributed by atoms with Crippen molar-refractivity contribution in [1.82, 2.24) is 5.32 Å². The smallest absolute Gasteiger partial charge is 0.0220 e. The van der Waals surface area contributed by atoms with Crippen molar-refractivity contribution in [2.45, 2.75) is 35.8 Å². The summed E-state index contributed by atoms with van der Waals surface area (Å²) in [6, 6.07) is 8.82. The van der Waals surface area contributed by atoms with Gasteiger partial charge in [0.1, 0.15) is 0 Å². The van der Waals surface area contributed by atoms with E-state index >= 15 is 0 Å². The number of benzene rings is 1. The minimum atomic E-state index is 0.431. The Morgan fingerprint density at radius 2 is 2.20 bits per heavy atom. The average molecular weight is 221 g/mol. The Balaban J connectivity index is 1.98. The first kappa shape index (κ1) is 11.0. The number of nitrogens with one attached hydrogen (secondary N) is 1. The highest BCUT2D eigenvalue weighted by atomic mass is 32.2. The SMILES string of the molecule is CNCCCC1(C)Cc2ccccc2S1. The van der Waals surface area contributed by atoms with Gasteiger partial charge in [-0.2, -0.15) is 0 Å². The summed E-state index contributed by atoms with van der Waals surface area (Å²) in [5.74, 6) is 0. The minimum Gasteiger partial charge on any atom is -0.320 e. The first-order valence-corrected chi connectivity index (χ1v) is 6.47. The molecular formula is C13H19NS. The third-order valence-corrected chi connectivity index (χ3v) is 4.49. The highest BCUT2D eigenvalue weighted by Crippen LogP contribution is 2.47. The van der Waals surface area contributed by atoms with Gasteiger partial charge in [0.15, 0.2) is 0 Å². The molecule has 0 amide bonds. The van der Waals surface area contributed by atoms with Gasteiger partial charge in [0.2, 0.25) is 0 Å². The molecule has 0 saturated heterocycles. The summed E-state index contributed by atoms with van der Waals surface area (Å²) in [5.41, 5.74) is 1.54. The van der Waals surface area contributed by atoms with Crippen molar-refractivity contribution in [2.75, 3.05) is 13.6 Å². The van der Waals surface area contributed by atoms with Crippen molar-refractivity contribution in [3.05, 3.63) is 29.8 Å². The van der Waals surface area contributed by atoms with Crippen LogP contribution in [0, 0.1) is 0 Å². The van der Waals surface area contributed by atoms with Gasteiger partial charge in [-0.05, 0) is 51.4 Å². The van der Waals surface area contributed by atoms with Crippen LogP contribution in [0.25, 0.3) is 0 Å². The number of thioether (sulfide) groups is 1. The molecule has 1 atom stereocenters. The maximum absolute atomic E-state index is 3.22. The summed E-state index contributed by atoms with van der Waals surface area (Å²) in [5, 5.41) is 3.22. The van der Waals surface area contributed by atoms with Crippen LogP contribution in [0.5, 0.6) is 0 Å². The molecule has 1 nitrogen and oxygen atoms in total. The van der Waals surface area contributed by atoms with E-state index in [1.54, 1.807) is 0 Å². The fraction of sp³-hybridized carbons (Fsp3) is 0.538. The maximum Gasteiger partial charge on any atom is 0.0220 e. The van der Waals surface area contributed by atoms with Gasteiger partial charge in [0.25, 0.3) is 0 Å². The number of hydrogen-bond donors (Lipinski definition) is 1. The highest BCUT2D eigenvalue weighted by Gasteiger charge is 2.32. The molecule has 0 spiro atoms. The molecule has 2 heteroatoms. The lowest BCUT2D eigenvalue weighted by Gasteiger charge is -2.22. The molecule has 15 heavy (non-hydrogen) atoms. The molecule has 1 aliphatic rings. The Hall–Kier alpha value is -0.470. The molecule has 1 aliphatic heterocycles. The molecule has 0 saturated carbocycles. The number of fused-ring (bicyclic) bond motifs is 1. The van der Waals surface area contributed by atoms with Gasteiger partial charge in [-0.1, -0.05) is 18.2 Å². The average Bonchev–Trinajstić information content (AvgIpc) is 2.54. The summed E-state index contributed by atoms with van der Waals surface area (Å²) in [6.07, 6.45) is 3.80. The van der Waals surface area contributed by atoms with Gasteiger partial charge in [0, 0.05) is 9.64 Å². The molecule has 0 radical (unpaired) electrons. The van der Waals surface area contributed by atoms with Crippen LogP contribution < -0.4 is 5.32 Å². The van der Waals surface area contributed by atoms with E-state index in [1.807, 2.05) is 7.05 Å². The van der Waals surface area contributed by atoms with E-state index in [0.29, 0.717) is 4.75 Å². The number of hydrogen-bond acceptors (Lipinski definition) is 2.